The van der Waals surface area contributed by atoms with Gasteiger partial charge in [0.1, 0.15) is 16.6 Å². The number of piperazine rings is 1. The van der Waals surface area contributed by atoms with Crippen LogP contribution in [0.2, 0.25) is 0 Å². The lowest BCUT2D eigenvalue weighted by Gasteiger charge is -2.39. The van der Waals surface area contributed by atoms with E-state index in [1.807, 2.05) is 0 Å². The maximum Gasteiger partial charge on any atom is 0.265 e. The third kappa shape index (κ3) is 4.38. The molecule has 2 fully saturated rings. The standard InChI is InChI=1S/C17H27N5O6S2/c1-19-12-13(11-15(19)16(18)23)30(27,28)21-9-7-20(8-10-21)17(24)14-5-3-4-6-22(14)29(2,25)26/h11-12,14H,3-10H2,1-2H3,(H2,18,23)/t14-/m1/s1. The molecule has 11 nitrogen and oxygen atoms in total. The molecule has 0 radical (unpaired) electrons. The number of carbonyl (C=O) groups excluding carboxylic acids is 2. The number of aromatic nitrogens is 1. The van der Waals surface area contributed by atoms with Gasteiger partial charge in [0.25, 0.3) is 5.91 Å². The van der Waals surface area contributed by atoms with Gasteiger partial charge in [-0.2, -0.15) is 8.61 Å². The van der Waals surface area contributed by atoms with E-state index in [2.05, 4.69) is 0 Å². The van der Waals surface area contributed by atoms with Crippen LogP contribution in [0.4, 0.5) is 0 Å². The summed E-state index contributed by atoms with van der Waals surface area (Å²) in [5.41, 5.74) is 5.34. The molecule has 0 bridgehead atoms. The molecule has 13 heteroatoms. The molecule has 0 aromatic carbocycles. The number of nitrogens with zero attached hydrogens (tertiary/aromatic N) is 4. The van der Waals surface area contributed by atoms with Gasteiger partial charge in [0.2, 0.25) is 26.0 Å². The van der Waals surface area contributed by atoms with Crippen molar-refractivity contribution in [2.24, 2.45) is 12.8 Å². The number of rotatable bonds is 5. The van der Waals surface area contributed by atoms with Gasteiger partial charge < -0.3 is 15.2 Å². The third-order valence-corrected chi connectivity index (χ3v) is 8.74. The second-order valence-electron chi connectivity index (χ2n) is 7.65. The topological polar surface area (TPSA) is 143 Å². The number of hydrogen-bond donors (Lipinski definition) is 1. The molecule has 0 saturated carbocycles. The maximum atomic E-state index is 13.0. The average molecular weight is 462 g/mol. The van der Waals surface area contributed by atoms with Gasteiger partial charge in [-0.15, -0.1) is 0 Å². The lowest BCUT2D eigenvalue weighted by Crippen LogP contribution is -2.57. The van der Waals surface area contributed by atoms with E-state index >= 15 is 0 Å². The fraction of sp³-hybridized carbons (Fsp3) is 0.647. The van der Waals surface area contributed by atoms with E-state index in [9.17, 15) is 26.4 Å². The molecule has 0 unspecified atom stereocenters. The Balaban J connectivity index is 1.70. The Kier molecular flexibility index (Phi) is 6.28. The predicted octanol–water partition coefficient (Wildman–Crippen LogP) is -1.23. The lowest BCUT2D eigenvalue weighted by molar-refractivity contribution is -0.137. The first-order chi connectivity index (χ1) is 13.9. The Morgan fingerprint density at radius 3 is 2.20 bits per heavy atom. The van der Waals surface area contributed by atoms with E-state index in [1.165, 1.54) is 37.4 Å². The van der Waals surface area contributed by atoms with E-state index < -0.39 is 32.0 Å². The smallest absolute Gasteiger partial charge is 0.265 e. The van der Waals surface area contributed by atoms with Crippen molar-refractivity contribution in [3.05, 3.63) is 18.0 Å². The first kappa shape index (κ1) is 22.7. The zero-order valence-corrected chi connectivity index (χ0v) is 18.7. The molecule has 1 atom stereocenters. The Morgan fingerprint density at radius 1 is 1.03 bits per heavy atom. The van der Waals surface area contributed by atoms with Gasteiger partial charge in [-0.1, -0.05) is 6.42 Å². The summed E-state index contributed by atoms with van der Waals surface area (Å²) in [6, 6.07) is 0.505. The van der Waals surface area contributed by atoms with Gasteiger partial charge in [0.15, 0.2) is 0 Å². The van der Waals surface area contributed by atoms with Crippen molar-refractivity contribution >= 4 is 31.9 Å². The molecule has 168 valence electrons. The van der Waals surface area contributed by atoms with E-state index in [1.54, 1.807) is 0 Å². The predicted molar refractivity (Wildman–Crippen MR) is 108 cm³/mol. The fourth-order valence-corrected chi connectivity index (χ4v) is 6.59. The summed E-state index contributed by atoms with van der Waals surface area (Å²) in [7, 11) is -5.81. The van der Waals surface area contributed by atoms with E-state index in [0.29, 0.717) is 19.4 Å². The highest BCUT2D eigenvalue weighted by Crippen LogP contribution is 2.24. The van der Waals surface area contributed by atoms with Crippen LogP contribution in [0.5, 0.6) is 0 Å². The monoisotopic (exact) mass is 461 g/mol. The van der Waals surface area contributed by atoms with Gasteiger partial charge >= 0.3 is 0 Å². The second-order valence-corrected chi connectivity index (χ2v) is 11.5. The fourth-order valence-electron chi connectivity index (χ4n) is 3.98. The van der Waals surface area contributed by atoms with Crippen LogP contribution >= 0.6 is 0 Å². The molecule has 2 saturated heterocycles. The number of piperidine rings is 1. The van der Waals surface area contributed by atoms with Gasteiger partial charge in [0, 0.05) is 46.0 Å². The summed E-state index contributed by atoms with van der Waals surface area (Å²) in [6.07, 6.45) is 4.38. The van der Waals surface area contributed by atoms with Gasteiger partial charge in [-0.25, -0.2) is 16.8 Å². The van der Waals surface area contributed by atoms with E-state index in [0.717, 1.165) is 12.7 Å². The van der Waals surface area contributed by atoms with Crippen LogP contribution in [0, 0.1) is 0 Å². The highest BCUT2D eigenvalue weighted by molar-refractivity contribution is 7.89. The quantitative estimate of drug-likeness (QED) is 0.582. The molecular formula is C17H27N5O6S2. The van der Waals surface area contributed by atoms with Crippen LogP contribution in [-0.2, 0) is 31.9 Å². The minimum Gasteiger partial charge on any atom is -0.364 e. The van der Waals surface area contributed by atoms with Gasteiger partial charge in [0.05, 0.1) is 6.26 Å². The van der Waals surface area contributed by atoms with Crippen LogP contribution in [0.1, 0.15) is 29.8 Å². The summed E-state index contributed by atoms with van der Waals surface area (Å²) in [5.74, 6) is -1.01. The molecule has 2 N–H and O–H groups in total. The Bertz CT molecular complexity index is 1040. The number of aryl methyl sites for hydroxylation is 1. The number of carbonyl (C=O) groups is 2. The second kappa shape index (κ2) is 8.29. The zero-order chi connectivity index (χ0) is 22.3. The average Bonchev–Trinajstić information content (AvgIpc) is 3.10. The molecular weight excluding hydrogens is 434 g/mol. The van der Waals surface area contributed by atoms with Crippen molar-refractivity contribution in [2.45, 2.75) is 30.2 Å². The molecule has 30 heavy (non-hydrogen) atoms. The Morgan fingerprint density at radius 2 is 1.67 bits per heavy atom. The molecule has 2 aliphatic heterocycles. The first-order valence-corrected chi connectivity index (χ1v) is 12.9. The molecule has 3 rings (SSSR count). The molecule has 2 amide bonds. The summed E-state index contributed by atoms with van der Waals surface area (Å²) in [5, 5.41) is 0. The van der Waals surface area contributed by atoms with Crippen LogP contribution in [0.15, 0.2) is 17.2 Å². The summed E-state index contributed by atoms with van der Waals surface area (Å²) < 4.78 is 53.7. The first-order valence-electron chi connectivity index (χ1n) is 9.65. The van der Waals surface area contributed by atoms with Gasteiger partial charge in [-0.3, -0.25) is 9.59 Å². The molecule has 2 aliphatic rings. The van der Waals surface area contributed by atoms with Crippen LogP contribution in [-0.4, -0.2) is 91.7 Å². The highest BCUT2D eigenvalue weighted by atomic mass is 32.2. The highest BCUT2D eigenvalue weighted by Gasteiger charge is 2.39. The third-order valence-electron chi connectivity index (χ3n) is 5.59. The number of sulfonamides is 2. The van der Waals surface area contributed by atoms with Crippen molar-refractivity contribution in [1.29, 1.82) is 0 Å². The van der Waals surface area contributed by atoms with E-state index in [4.69, 9.17) is 5.73 Å². The summed E-state index contributed by atoms with van der Waals surface area (Å²) >= 11 is 0. The minimum atomic E-state index is -3.84. The van der Waals surface area contributed by atoms with Crippen molar-refractivity contribution in [3.8, 4) is 0 Å². The molecule has 0 aliphatic carbocycles. The lowest BCUT2D eigenvalue weighted by atomic mass is 10.0. The van der Waals surface area contributed by atoms with Gasteiger partial charge in [-0.05, 0) is 18.9 Å². The molecule has 1 aromatic heterocycles. The summed E-state index contributed by atoms with van der Waals surface area (Å²) in [4.78, 5) is 25.9. The van der Waals surface area contributed by atoms with Crippen molar-refractivity contribution in [1.82, 2.24) is 18.1 Å². The Labute approximate surface area is 176 Å². The molecule has 3 heterocycles. The van der Waals surface area contributed by atoms with Crippen LogP contribution in [0.3, 0.4) is 0 Å². The molecule has 1 aromatic rings. The number of nitrogens with two attached hydrogens (primary N) is 1. The maximum absolute atomic E-state index is 13.0. The normalized spacial score (nSPS) is 22.2. The SMILES string of the molecule is Cn1cc(S(=O)(=O)N2CCN(C(=O)[C@H]3CCCCN3S(C)(=O)=O)CC2)cc1C(N)=O. The zero-order valence-electron chi connectivity index (χ0n) is 17.0. The summed E-state index contributed by atoms with van der Waals surface area (Å²) in [6.45, 7) is 0.823. The van der Waals surface area contributed by atoms with E-state index in [-0.39, 0.29) is 42.7 Å². The number of amides is 2. The minimum absolute atomic E-state index is 0.0332. The number of hydrogen-bond acceptors (Lipinski definition) is 6. The van der Waals surface area contributed by atoms with Crippen molar-refractivity contribution < 1.29 is 26.4 Å². The van der Waals surface area contributed by atoms with Crippen LogP contribution < -0.4 is 5.73 Å². The van der Waals surface area contributed by atoms with Crippen molar-refractivity contribution in [3.63, 3.8) is 0 Å². The van der Waals surface area contributed by atoms with Crippen LogP contribution in [0.25, 0.3) is 0 Å². The Hall–Kier alpha value is -1.96. The number of primary amides is 1. The molecule has 0 spiro atoms. The largest absolute Gasteiger partial charge is 0.364 e. The van der Waals surface area contributed by atoms with Crippen molar-refractivity contribution in [2.75, 3.05) is 39.0 Å².